The van der Waals surface area contributed by atoms with E-state index in [1.165, 1.54) is 41.3 Å². The second kappa shape index (κ2) is 9.96. The first-order valence-electron chi connectivity index (χ1n) is 11.3. The van der Waals surface area contributed by atoms with Crippen molar-refractivity contribution in [3.8, 4) is 11.3 Å². The van der Waals surface area contributed by atoms with Gasteiger partial charge in [-0.1, -0.05) is 23.4 Å². The Balaban J connectivity index is 1.42. The molecule has 0 fully saturated rings. The lowest BCUT2D eigenvalue weighted by molar-refractivity contribution is 0.103. The lowest BCUT2D eigenvalue weighted by Gasteiger charge is -2.10. The van der Waals surface area contributed by atoms with Crippen LogP contribution in [0.1, 0.15) is 15.4 Å². The standard InChI is InChI=1S/C26H23FN6O3S/c1-32(2)14-17-12-24(31-36-17)28-21-13-19(30-33(3)26(21)35)15-8-9-18(27)20(10-15)29-25(34)23-11-16-6-4-5-7-22(16)37-23/h4-13H,14H2,1-3H3,(H,28,31)(H,29,34). The first-order chi connectivity index (χ1) is 17.8. The van der Waals surface area contributed by atoms with E-state index in [4.69, 9.17) is 4.52 Å². The fourth-order valence-electron chi connectivity index (χ4n) is 3.79. The van der Waals surface area contributed by atoms with Crippen LogP contribution in [0, 0.1) is 5.82 Å². The summed E-state index contributed by atoms with van der Waals surface area (Å²) in [6, 6.07) is 17.0. The van der Waals surface area contributed by atoms with Gasteiger partial charge in [0.25, 0.3) is 11.5 Å². The van der Waals surface area contributed by atoms with Crippen LogP contribution in [0.2, 0.25) is 0 Å². The molecule has 1 amide bonds. The molecule has 0 bridgehead atoms. The number of hydrogen-bond donors (Lipinski definition) is 2. The number of hydrogen-bond acceptors (Lipinski definition) is 8. The Kier molecular flexibility index (Phi) is 6.55. The molecule has 0 saturated carbocycles. The van der Waals surface area contributed by atoms with Crippen molar-refractivity contribution in [2.24, 2.45) is 7.05 Å². The van der Waals surface area contributed by atoms with E-state index in [1.807, 2.05) is 43.3 Å². The van der Waals surface area contributed by atoms with E-state index < -0.39 is 11.7 Å². The van der Waals surface area contributed by atoms with Gasteiger partial charge in [-0.2, -0.15) is 5.10 Å². The van der Waals surface area contributed by atoms with Crippen LogP contribution in [0.5, 0.6) is 0 Å². The van der Waals surface area contributed by atoms with Gasteiger partial charge in [0.1, 0.15) is 11.5 Å². The summed E-state index contributed by atoms with van der Waals surface area (Å²) in [6.07, 6.45) is 0. The van der Waals surface area contributed by atoms with Crippen LogP contribution in [0.15, 0.2) is 70.0 Å². The molecule has 0 saturated heterocycles. The second-order valence-electron chi connectivity index (χ2n) is 8.71. The Bertz CT molecular complexity index is 1640. The average molecular weight is 519 g/mol. The molecule has 5 rings (SSSR count). The van der Waals surface area contributed by atoms with Crippen molar-refractivity contribution in [2.45, 2.75) is 6.54 Å². The molecule has 0 aliphatic rings. The first-order valence-corrected chi connectivity index (χ1v) is 12.1. The summed E-state index contributed by atoms with van der Waals surface area (Å²) >= 11 is 1.33. The Morgan fingerprint density at radius 3 is 2.70 bits per heavy atom. The number of anilines is 3. The van der Waals surface area contributed by atoms with Crippen LogP contribution < -0.4 is 16.2 Å². The van der Waals surface area contributed by atoms with Gasteiger partial charge in [0.2, 0.25) is 0 Å². The average Bonchev–Trinajstić information content (AvgIpc) is 3.49. The highest BCUT2D eigenvalue weighted by atomic mass is 32.1. The van der Waals surface area contributed by atoms with Crippen molar-refractivity contribution in [3.63, 3.8) is 0 Å². The van der Waals surface area contributed by atoms with Crippen LogP contribution in [0.3, 0.4) is 0 Å². The van der Waals surface area contributed by atoms with Crippen LogP contribution in [-0.2, 0) is 13.6 Å². The van der Waals surface area contributed by atoms with Crippen LogP contribution >= 0.6 is 11.3 Å². The van der Waals surface area contributed by atoms with Crippen molar-refractivity contribution < 1.29 is 13.7 Å². The SMILES string of the molecule is CN(C)Cc1cc(Nc2cc(-c3ccc(F)c(NC(=O)c4cc5ccccc5s4)c3)nn(C)c2=O)no1. The summed E-state index contributed by atoms with van der Waals surface area (Å²) in [7, 11) is 5.33. The Morgan fingerprint density at radius 2 is 1.92 bits per heavy atom. The van der Waals surface area contributed by atoms with Crippen molar-refractivity contribution in [1.82, 2.24) is 19.8 Å². The van der Waals surface area contributed by atoms with Gasteiger partial charge in [0, 0.05) is 23.4 Å². The normalized spacial score (nSPS) is 11.3. The minimum Gasteiger partial charge on any atom is -0.358 e. The summed E-state index contributed by atoms with van der Waals surface area (Å²) < 4.78 is 22.1. The highest BCUT2D eigenvalue weighted by Gasteiger charge is 2.16. The van der Waals surface area contributed by atoms with E-state index in [1.54, 1.807) is 18.2 Å². The van der Waals surface area contributed by atoms with E-state index in [0.717, 1.165) is 10.1 Å². The van der Waals surface area contributed by atoms with Gasteiger partial charge in [-0.25, -0.2) is 9.07 Å². The summed E-state index contributed by atoms with van der Waals surface area (Å²) in [5.74, 6) is 0.0163. The van der Waals surface area contributed by atoms with Gasteiger partial charge in [0.15, 0.2) is 11.6 Å². The third kappa shape index (κ3) is 5.27. The highest BCUT2D eigenvalue weighted by Crippen LogP contribution is 2.28. The van der Waals surface area contributed by atoms with Gasteiger partial charge in [-0.15, -0.1) is 11.3 Å². The van der Waals surface area contributed by atoms with Crippen LogP contribution in [-0.4, -0.2) is 39.8 Å². The van der Waals surface area contributed by atoms with Crippen molar-refractivity contribution in [1.29, 1.82) is 0 Å². The number of fused-ring (bicyclic) bond motifs is 1. The zero-order valence-corrected chi connectivity index (χ0v) is 21.1. The molecule has 0 unspecified atom stereocenters. The number of rotatable bonds is 7. The number of nitrogens with zero attached hydrogens (tertiary/aromatic N) is 4. The first kappa shape index (κ1) is 24.3. The fraction of sp³-hybridized carbons (Fsp3) is 0.154. The molecule has 0 spiro atoms. The molecule has 0 radical (unpaired) electrons. The molecule has 0 aliphatic heterocycles. The maximum absolute atomic E-state index is 14.6. The van der Waals surface area contributed by atoms with Gasteiger partial charge in [-0.05, 0) is 55.9 Å². The fourth-order valence-corrected chi connectivity index (χ4v) is 4.75. The monoisotopic (exact) mass is 518 g/mol. The molecule has 0 atom stereocenters. The lowest BCUT2D eigenvalue weighted by atomic mass is 10.1. The van der Waals surface area contributed by atoms with E-state index >= 15 is 0 Å². The number of halogens is 1. The number of thiophene rings is 1. The molecule has 11 heteroatoms. The molecule has 2 N–H and O–H groups in total. The van der Waals surface area contributed by atoms with Gasteiger partial charge < -0.3 is 20.1 Å². The van der Waals surface area contributed by atoms with Crippen LogP contribution in [0.4, 0.5) is 21.6 Å². The van der Waals surface area contributed by atoms with Gasteiger partial charge >= 0.3 is 0 Å². The lowest BCUT2D eigenvalue weighted by Crippen LogP contribution is -2.22. The topological polar surface area (TPSA) is 105 Å². The molecule has 3 aromatic heterocycles. The number of nitrogens with one attached hydrogen (secondary N) is 2. The number of amides is 1. The Morgan fingerprint density at radius 1 is 1.11 bits per heavy atom. The number of carbonyl (C=O) groups excluding carboxylic acids is 1. The van der Waals surface area contributed by atoms with E-state index in [2.05, 4.69) is 20.9 Å². The number of benzene rings is 2. The van der Waals surface area contributed by atoms with Crippen molar-refractivity contribution in [3.05, 3.63) is 87.5 Å². The predicted molar refractivity (Wildman–Crippen MR) is 142 cm³/mol. The maximum atomic E-state index is 14.6. The minimum absolute atomic E-state index is 0.00921. The maximum Gasteiger partial charge on any atom is 0.290 e. The Hall–Kier alpha value is -4.35. The number of aromatic nitrogens is 3. The van der Waals surface area contributed by atoms with Gasteiger partial charge in [0.05, 0.1) is 22.8 Å². The molecular formula is C26H23FN6O3S. The molecular weight excluding hydrogens is 495 g/mol. The molecule has 2 aromatic carbocycles. The quantitative estimate of drug-likeness (QED) is 0.317. The third-order valence-electron chi connectivity index (χ3n) is 5.52. The molecule has 37 heavy (non-hydrogen) atoms. The van der Waals surface area contributed by atoms with E-state index in [9.17, 15) is 14.0 Å². The molecule has 3 heterocycles. The zero-order valence-electron chi connectivity index (χ0n) is 20.3. The predicted octanol–water partition coefficient (Wildman–Crippen LogP) is 4.85. The zero-order chi connectivity index (χ0) is 26.1. The smallest absolute Gasteiger partial charge is 0.290 e. The van der Waals surface area contributed by atoms with E-state index in [-0.39, 0.29) is 16.9 Å². The van der Waals surface area contributed by atoms with Crippen molar-refractivity contribution >= 4 is 44.5 Å². The highest BCUT2D eigenvalue weighted by molar-refractivity contribution is 7.20. The summed E-state index contributed by atoms with van der Waals surface area (Å²) in [5, 5.41) is 14.8. The molecule has 9 nitrogen and oxygen atoms in total. The largest absolute Gasteiger partial charge is 0.358 e. The second-order valence-corrected chi connectivity index (χ2v) is 9.79. The summed E-state index contributed by atoms with van der Waals surface area (Å²) in [4.78, 5) is 27.9. The van der Waals surface area contributed by atoms with Gasteiger partial charge in [-0.3, -0.25) is 9.59 Å². The molecule has 0 aliphatic carbocycles. The Labute approximate surface area is 215 Å². The third-order valence-corrected chi connectivity index (χ3v) is 6.63. The summed E-state index contributed by atoms with van der Waals surface area (Å²) in [5.41, 5.74) is 0.771. The minimum atomic E-state index is -0.586. The number of carbonyl (C=O) groups is 1. The molecule has 5 aromatic rings. The van der Waals surface area contributed by atoms with E-state index in [0.29, 0.717) is 34.3 Å². The van der Waals surface area contributed by atoms with Crippen LogP contribution in [0.25, 0.3) is 21.3 Å². The molecule has 188 valence electrons. The van der Waals surface area contributed by atoms with Crippen molar-refractivity contribution in [2.75, 3.05) is 24.7 Å². The summed E-state index contributed by atoms with van der Waals surface area (Å²) in [6.45, 7) is 0.555. The number of aryl methyl sites for hydroxylation is 1.